The molecule has 6 heteroatoms. The minimum Gasteiger partial charge on any atom is -0.507 e. The van der Waals surface area contributed by atoms with Gasteiger partial charge in [-0.2, -0.15) is 0 Å². The highest BCUT2D eigenvalue weighted by molar-refractivity contribution is 5.74. The lowest BCUT2D eigenvalue weighted by molar-refractivity contribution is -0.274. The molecule has 0 saturated heterocycles. The normalized spacial score (nSPS) is 10.2. The van der Waals surface area contributed by atoms with Crippen LogP contribution in [0.4, 0.5) is 13.2 Å². The summed E-state index contributed by atoms with van der Waals surface area (Å²) in [4.78, 5) is 9.92. The highest BCUT2D eigenvalue weighted by Crippen LogP contribution is 2.27. The molecule has 0 atom stereocenters. The molecule has 0 aliphatic heterocycles. The second-order valence-electron chi connectivity index (χ2n) is 2.61. The molecule has 0 aromatic heterocycles. The maximum absolute atomic E-state index is 11.8. The monoisotopic (exact) mass is 230 g/mol. The third-order valence-corrected chi connectivity index (χ3v) is 1.47. The van der Waals surface area contributed by atoms with E-state index in [4.69, 9.17) is 0 Å². The van der Waals surface area contributed by atoms with Crippen molar-refractivity contribution in [2.45, 2.75) is 6.36 Å². The summed E-state index contributed by atoms with van der Waals surface area (Å²) in [6, 6.07) is 2.87. The molecule has 16 heavy (non-hydrogen) atoms. The molecular weight excluding hydrogens is 225 g/mol. The van der Waals surface area contributed by atoms with Gasteiger partial charge in [-0.1, -0.05) is 5.92 Å². The smallest absolute Gasteiger partial charge is 0.507 e. The summed E-state index contributed by atoms with van der Waals surface area (Å²) in [5.41, 5.74) is 0.0432. The van der Waals surface area contributed by atoms with Gasteiger partial charge in [0.05, 0.1) is 5.56 Å². The molecular formula is C10H5F3O3. The molecule has 3 nitrogen and oxygen atoms in total. The predicted molar refractivity (Wildman–Crippen MR) is 47.7 cm³/mol. The van der Waals surface area contributed by atoms with Crippen LogP contribution in [0.25, 0.3) is 0 Å². The van der Waals surface area contributed by atoms with Gasteiger partial charge in [0.25, 0.3) is 0 Å². The SMILES string of the molecule is O=CC#Cc1ccc(OC(F)(F)F)cc1O. The number of alkyl halides is 3. The van der Waals surface area contributed by atoms with Gasteiger partial charge in [-0.05, 0) is 18.1 Å². The zero-order chi connectivity index (χ0) is 12.2. The van der Waals surface area contributed by atoms with Gasteiger partial charge in [0, 0.05) is 6.07 Å². The Morgan fingerprint density at radius 2 is 2.06 bits per heavy atom. The Bertz CT molecular complexity index is 455. The first-order chi connectivity index (χ1) is 7.42. The maximum Gasteiger partial charge on any atom is 0.573 e. The third-order valence-electron chi connectivity index (χ3n) is 1.47. The Labute approximate surface area is 88.5 Å². The molecule has 0 aliphatic carbocycles. The van der Waals surface area contributed by atoms with Crippen LogP contribution in [0.2, 0.25) is 0 Å². The summed E-state index contributed by atoms with van der Waals surface area (Å²) in [6.45, 7) is 0. The van der Waals surface area contributed by atoms with Crippen LogP contribution in [0.15, 0.2) is 18.2 Å². The summed E-state index contributed by atoms with van der Waals surface area (Å²) >= 11 is 0. The van der Waals surface area contributed by atoms with Crippen molar-refractivity contribution in [2.75, 3.05) is 0 Å². The van der Waals surface area contributed by atoms with E-state index in [0.29, 0.717) is 6.29 Å². The van der Waals surface area contributed by atoms with Crippen LogP contribution >= 0.6 is 0 Å². The van der Waals surface area contributed by atoms with Gasteiger partial charge in [0.1, 0.15) is 11.5 Å². The zero-order valence-corrected chi connectivity index (χ0v) is 7.71. The molecule has 1 aromatic carbocycles. The number of aromatic hydroxyl groups is 1. The highest BCUT2D eigenvalue weighted by Gasteiger charge is 2.31. The molecule has 0 aliphatic rings. The molecule has 0 saturated carbocycles. The van der Waals surface area contributed by atoms with E-state index in [1.807, 2.05) is 5.92 Å². The van der Waals surface area contributed by atoms with Gasteiger partial charge >= 0.3 is 6.36 Å². The topological polar surface area (TPSA) is 46.5 Å². The van der Waals surface area contributed by atoms with Gasteiger partial charge in [-0.15, -0.1) is 13.2 Å². The Morgan fingerprint density at radius 1 is 1.38 bits per heavy atom. The number of hydrogen-bond acceptors (Lipinski definition) is 3. The lowest BCUT2D eigenvalue weighted by Gasteiger charge is -2.09. The van der Waals surface area contributed by atoms with Crippen molar-refractivity contribution >= 4 is 6.29 Å². The van der Waals surface area contributed by atoms with Gasteiger partial charge in [-0.3, -0.25) is 4.79 Å². The van der Waals surface area contributed by atoms with Crippen LogP contribution in [-0.4, -0.2) is 17.8 Å². The third kappa shape index (κ3) is 3.53. The van der Waals surface area contributed by atoms with Crippen molar-refractivity contribution in [2.24, 2.45) is 0 Å². The molecule has 0 unspecified atom stereocenters. The Kier molecular flexibility index (Phi) is 3.40. The number of phenolic OH excluding ortho intramolecular Hbond substituents is 1. The van der Waals surface area contributed by atoms with Crippen molar-refractivity contribution in [1.29, 1.82) is 0 Å². The fourth-order valence-corrected chi connectivity index (χ4v) is 0.921. The summed E-state index contributed by atoms with van der Waals surface area (Å²) in [6.07, 6.45) is -4.51. The van der Waals surface area contributed by atoms with E-state index in [1.165, 1.54) is 0 Å². The number of rotatable bonds is 1. The van der Waals surface area contributed by atoms with Crippen LogP contribution in [0, 0.1) is 11.8 Å². The number of carbonyl (C=O) groups is 1. The van der Waals surface area contributed by atoms with Crippen LogP contribution in [0.5, 0.6) is 11.5 Å². The number of carbonyl (C=O) groups excluding carboxylic acids is 1. The van der Waals surface area contributed by atoms with Crippen molar-refractivity contribution in [3.05, 3.63) is 23.8 Å². The second kappa shape index (κ2) is 4.57. The molecule has 0 fully saturated rings. The van der Waals surface area contributed by atoms with Gasteiger partial charge in [0.15, 0.2) is 6.29 Å². The van der Waals surface area contributed by atoms with Crippen molar-refractivity contribution in [3.8, 4) is 23.3 Å². The first-order valence-electron chi connectivity index (χ1n) is 3.96. The van der Waals surface area contributed by atoms with Crippen LogP contribution in [0.3, 0.4) is 0 Å². The minimum absolute atomic E-state index is 0.0432. The summed E-state index contributed by atoms with van der Waals surface area (Å²) < 4.78 is 39.0. The van der Waals surface area contributed by atoms with Gasteiger partial charge in [0.2, 0.25) is 0 Å². The molecule has 0 radical (unpaired) electrons. The van der Waals surface area contributed by atoms with E-state index >= 15 is 0 Å². The average Bonchev–Trinajstić information content (AvgIpc) is 2.14. The molecule has 0 spiro atoms. The molecule has 0 heterocycles. The fraction of sp³-hybridized carbons (Fsp3) is 0.100. The Morgan fingerprint density at radius 3 is 2.56 bits per heavy atom. The first-order valence-corrected chi connectivity index (χ1v) is 3.96. The molecule has 0 bridgehead atoms. The molecule has 1 rings (SSSR count). The van der Waals surface area contributed by atoms with E-state index in [0.717, 1.165) is 18.2 Å². The number of phenols is 1. The zero-order valence-electron chi connectivity index (χ0n) is 7.71. The maximum atomic E-state index is 11.8. The molecule has 0 amide bonds. The van der Waals surface area contributed by atoms with Gasteiger partial charge in [-0.25, -0.2) is 0 Å². The predicted octanol–water partition coefficient (Wildman–Crippen LogP) is 1.84. The summed E-state index contributed by atoms with van der Waals surface area (Å²) in [5, 5.41) is 9.25. The quantitative estimate of drug-likeness (QED) is 0.591. The van der Waals surface area contributed by atoms with Crippen LogP contribution in [0.1, 0.15) is 5.56 Å². The van der Waals surface area contributed by atoms with E-state index in [1.54, 1.807) is 0 Å². The second-order valence-corrected chi connectivity index (χ2v) is 2.61. The minimum atomic E-state index is -4.82. The number of benzene rings is 1. The molecule has 1 aromatic rings. The molecule has 84 valence electrons. The number of aldehydes is 1. The van der Waals surface area contributed by atoms with E-state index < -0.39 is 17.9 Å². The van der Waals surface area contributed by atoms with Gasteiger partial charge < -0.3 is 9.84 Å². The average molecular weight is 230 g/mol. The number of hydrogen-bond donors (Lipinski definition) is 1. The molecule has 1 N–H and O–H groups in total. The number of halogens is 3. The standard InChI is InChI=1S/C10H5F3O3/c11-10(12,13)16-8-4-3-7(2-1-5-14)9(15)6-8/h3-6,15H. The number of ether oxygens (including phenoxy) is 1. The summed E-state index contributed by atoms with van der Waals surface area (Å²) in [7, 11) is 0. The Hall–Kier alpha value is -2.16. The lowest BCUT2D eigenvalue weighted by Crippen LogP contribution is -2.17. The van der Waals surface area contributed by atoms with E-state index in [-0.39, 0.29) is 5.56 Å². The highest BCUT2D eigenvalue weighted by atomic mass is 19.4. The van der Waals surface area contributed by atoms with Crippen molar-refractivity contribution < 1.29 is 27.8 Å². The van der Waals surface area contributed by atoms with Crippen LogP contribution < -0.4 is 4.74 Å². The van der Waals surface area contributed by atoms with Crippen LogP contribution in [-0.2, 0) is 4.79 Å². The lowest BCUT2D eigenvalue weighted by atomic mass is 10.2. The largest absolute Gasteiger partial charge is 0.573 e. The van der Waals surface area contributed by atoms with Crippen molar-refractivity contribution in [1.82, 2.24) is 0 Å². The van der Waals surface area contributed by atoms with E-state index in [9.17, 15) is 23.1 Å². The summed E-state index contributed by atoms with van der Waals surface area (Å²) in [5.74, 6) is 3.22. The van der Waals surface area contributed by atoms with E-state index in [2.05, 4.69) is 10.7 Å². The Balaban J connectivity index is 2.95. The fourth-order valence-electron chi connectivity index (χ4n) is 0.921. The first kappa shape index (κ1) is 11.9. The van der Waals surface area contributed by atoms with Crippen molar-refractivity contribution in [3.63, 3.8) is 0 Å².